The second-order valence-corrected chi connectivity index (χ2v) is 7.74. The molecule has 4 nitrogen and oxygen atoms in total. The van der Waals surface area contributed by atoms with E-state index in [-0.39, 0.29) is 11.1 Å². The first-order valence-corrected chi connectivity index (χ1v) is 10.2. The van der Waals surface area contributed by atoms with Crippen LogP contribution in [0.1, 0.15) is 16.7 Å². The summed E-state index contributed by atoms with van der Waals surface area (Å²) >= 11 is 1.02. The Morgan fingerprint density at radius 3 is 2.03 bits per heavy atom. The predicted octanol–water partition coefficient (Wildman–Crippen LogP) is 5.49. The smallest absolute Gasteiger partial charge is 0.291 e. The average Bonchev–Trinajstić information content (AvgIpc) is 3.02. The molecule has 0 saturated carbocycles. The second kappa shape index (κ2) is 8.80. The van der Waals surface area contributed by atoms with Crippen LogP contribution in [0.15, 0.2) is 84.9 Å². The number of nitrogens with zero attached hydrogens (tertiary/aromatic N) is 1. The number of rotatable bonds is 6. The topological polar surface area (TPSA) is 49.4 Å². The lowest BCUT2D eigenvalue weighted by Crippen LogP contribution is -2.33. The van der Waals surface area contributed by atoms with Crippen molar-refractivity contribution in [3.05, 3.63) is 102 Å². The van der Waals surface area contributed by atoms with Crippen molar-refractivity contribution in [2.75, 3.05) is 5.32 Å². The third-order valence-electron chi connectivity index (χ3n) is 4.59. The zero-order valence-corrected chi connectivity index (χ0v) is 16.5. The van der Waals surface area contributed by atoms with Gasteiger partial charge in [-0.1, -0.05) is 84.9 Å². The zero-order valence-electron chi connectivity index (χ0n) is 15.7. The minimum absolute atomic E-state index is 0.211. The molecule has 1 heterocycles. The first-order valence-electron chi connectivity index (χ1n) is 9.35. The fourth-order valence-electron chi connectivity index (χ4n) is 3.04. The molecular formula is C24H20N2O2S. The molecule has 1 fully saturated rings. The zero-order chi connectivity index (χ0) is 20.1. The van der Waals surface area contributed by atoms with E-state index < -0.39 is 5.37 Å². The third-order valence-corrected chi connectivity index (χ3v) is 5.57. The fraction of sp³-hybridized carbons (Fsp3) is 0.0833. The van der Waals surface area contributed by atoms with Gasteiger partial charge in [0.15, 0.2) is 5.37 Å². The number of nitrogens with one attached hydrogen (secondary N) is 1. The molecule has 0 aliphatic carbocycles. The van der Waals surface area contributed by atoms with Gasteiger partial charge in [-0.15, -0.1) is 0 Å². The normalized spacial score (nSPS) is 16.6. The Hall–Kier alpha value is -3.31. The Balaban J connectivity index is 1.38. The summed E-state index contributed by atoms with van der Waals surface area (Å²) in [6.07, 6.45) is 4.10. The van der Waals surface area contributed by atoms with Gasteiger partial charge in [-0.3, -0.25) is 14.5 Å². The molecule has 1 aliphatic rings. The van der Waals surface area contributed by atoms with Gasteiger partial charge < -0.3 is 5.32 Å². The van der Waals surface area contributed by atoms with Gasteiger partial charge in [-0.05, 0) is 40.6 Å². The second-order valence-electron chi connectivity index (χ2n) is 6.68. The summed E-state index contributed by atoms with van der Waals surface area (Å²) in [5, 5.41) is 2.34. The number of thioether (sulfide) groups is 1. The molecule has 3 aromatic rings. The van der Waals surface area contributed by atoms with E-state index in [0.29, 0.717) is 6.54 Å². The summed E-state index contributed by atoms with van der Waals surface area (Å²) in [6.45, 7) is 0.299. The molecule has 1 aliphatic heterocycles. The molecule has 144 valence electrons. The van der Waals surface area contributed by atoms with Crippen LogP contribution in [0.3, 0.4) is 0 Å². The Morgan fingerprint density at radius 2 is 1.38 bits per heavy atom. The predicted molar refractivity (Wildman–Crippen MR) is 119 cm³/mol. The van der Waals surface area contributed by atoms with E-state index in [9.17, 15) is 9.59 Å². The highest BCUT2D eigenvalue weighted by atomic mass is 32.2. The summed E-state index contributed by atoms with van der Waals surface area (Å²) in [5.74, 6) is -0.211. The molecule has 29 heavy (non-hydrogen) atoms. The van der Waals surface area contributed by atoms with Gasteiger partial charge in [0.2, 0.25) is 0 Å². The van der Waals surface area contributed by atoms with E-state index >= 15 is 0 Å². The number of carbonyl (C=O) groups excluding carboxylic acids is 2. The van der Waals surface area contributed by atoms with Crippen molar-refractivity contribution in [2.24, 2.45) is 0 Å². The summed E-state index contributed by atoms with van der Waals surface area (Å²) in [6, 6.07) is 27.4. The first kappa shape index (κ1) is 19.0. The fourth-order valence-corrected chi connectivity index (χ4v) is 3.95. The Bertz CT molecular complexity index is 1020. The molecule has 1 saturated heterocycles. The summed E-state index contributed by atoms with van der Waals surface area (Å²) in [4.78, 5) is 26.2. The van der Waals surface area contributed by atoms with Crippen LogP contribution in [0.2, 0.25) is 0 Å². The number of carbonyl (C=O) groups is 2. The molecule has 1 atom stereocenters. The quantitative estimate of drug-likeness (QED) is 0.556. The van der Waals surface area contributed by atoms with E-state index in [1.807, 2.05) is 91.0 Å². The summed E-state index contributed by atoms with van der Waals surface area (Å²) in [5.41, 5.74) is 3.94. The number of amides is 2. The van der Waals surface area contributed by atoms with Crippen LogP contribution in [-0.2, 0) is 11.3 Å². The lowest BCUT2D eigenvalue weighted by atomic mass is 10.1. The number of hydrogen-bond acceptors (Lipinski definition) is 4. The summed E-state index contributed by atoms with van der Waals surface area (Å²) in [7, 11) is 0. The maximum Gasteiger partial charge on any atom is 0.291 e. The lowest BCUT2D eigenvalue weighted by Gasteiger charge is -2.15. The minimum Gasteiger partial charge on any atom is -0.365 e. The standard InChI is InChI=1S/C24H20N2O2S/c27-23-22(29-24(28)26(23)17-20-9-5-2-6-10-20)25-21-15-13-19(14-16-21)12-11-18-7-3-1-4-8-18/h1-16,22,25H,17H2/b12-11+. The molecular weight excluding hydrogens is 380 g/mol. The van der Waals surface area contributed by atoms with Crippen LogP contribution in [0.5, 0.6) is 0 Å². The number of anilines is 1. The van der Waals surface area contributed by atoms with E-state index in [1.165, 1.54) is 4.90 Å². The van der Waals surface area contributed by atoms with Gasteiger partial charge in [0.25, 0.3) is 11.1 Å². The van der Waals surface area contributed by atoms with Gasteiger partial charge in [-0.2, -0.15) is 0 Å². The van der Waals surface area contributed by atoms with E-state index in [0.717, 1.165) is 34.1 Å². The largest absolute Gasteiger partial charge is 0.365 e. The molecule has 0 bridgehead atoms. The van der Waals surface area contributed by atoms with Crippen molar-refractivity contribution in [3.63, 3.8) is 0 Å². The van der Waals surface area contributed by atoms with E-state index in [2.05, 4.69) is 11.4 Å². The SMILES string of the molecule is O=C1SC(Nc2ccc(/C=C/c3ccccc3)cc2)C(=O)N1Cc1ccccc1. The van der Waals surface area contributed by atoms with Crippen LogP contribution >= 0.6 is 11.8 Å². The van der Waals surface area contributed by atoms with E-state index in [4.69, 9.17) is 0 Å². The molecule has 0 aromatic heterocycles. The number of imide groups is 1. The maximum absolute atomic E-state index is 12.7. The Morgan fingerprint density at radius 1 is 0.793 bits per heavy atom. The van der Waals surface area contributed by atoms with Crippen molar-refractivity contribution in [1.82, 2.24) is 4.90 Å². The van der Waals surface area contributed by atoms with Crippen molar-refractivity contribution < 1.29 is 9.59 Å². The van der Waals surface area contributed by atoms with Crippen molar-refractivity contribution in [2.45, 2.75) is 11.9 Å². The van der Waals surface area contributed by atoms with Crippen LogP contribution in [-0.4, -0.2) is 21.4 Å². The monoisotopic (exact) mass is 400 g/mol. The van der Waals surface area contributed by atoms with Gasteiger partial charge in [0.1, 0.15) is 0 Å². The highest BCUT2D eigenvalue weighted by Crippen LogP contribution is 2.29. The Kier molecular flexibility index (Phi) is 5.77. The molecule has 1 N–H and O–H groups in total. The molecule has 1 unspecified atom stereocenters. The number of hydrogen-bond donors (Lipinski definition) is 1. The molecule has 5 heteroatoms. The van der Waals surface area contributed by atoms with Gasteiger partial charge in [-0.25, -0.2) is 0 Å². The number of benzene rings is 3. The lowest BCUT2D eigenvalue weighted by molar-refractivity contribution is -0.126. The average molecular weight is 401 g/mol. The first-order chi connectivity index (χ1) is 14.2. The van der Waals surface area contributed by atoms with Gasteiger partial charge in [0.05, 0.1) is 6.54 Å². The van der Waals surface area contributed by atoms with Gasteiger partial charge in [0, 0.05) is 5.69 Å². The van der Waals surface area contributed by atoms with Crippen molar-refractivity contribution in [3.8, 4) is 0 Å². The van der Waals surface area contributed by atoms with Crippen LogP contribution in [0, 0.1) is 0 Å². The highest BCUT2D eigenvalue weighted by molar-refractivity contribution is 8.15. The van der Waals surface area contributed by atoms with Crippen molar-refractivity contribution in [1.29, 1.82) is 0 Å². The highest BCUT2D eigenvalue weighted by Gasteiger charge is 2.39. The Labute approximate surface area is 174 Å². The molecule has 2 amide bonds. The van der Waals surface area contributed by atoms with Crippen molar-refractivity contribution >= 4 is 40.7 Å². The van der Waals surface area contributed by atoms with E-state index in [1.54, 1.807) is 0 Å². The third kappa shape index (κ3) is 4.76. The maximum atomic E-state index is 12.7. The summed E-state index contributed by atoms with van der Waals surface area (Å²) < 4.78 is 0. The van der Waals surface area contributed by atoms with Crippen LogP contribution < -0.4 is 5.32 Å². The minimum atomic E-state index is -0.600. The molecule has 0 spiro atoms. The van der Waals surface area contributed by atoms with Crippen LogP contribution in [0.25, 0.3) is 12.2 Å². The van der Waals surface area contributed by atoms with Crippen LogP contribution in [0.4, 0.5) is 10.5 Å². The van der Waals surface area contributed by atoms with Gasteiger partial charge >= 0.3 is 0 Å². The molecule has 3 aromatic carbocycles. The molecule has 4 rings (SSSR count). The molecule has 0 radical (unpaired) electrons.